The highest BCUT2D eigenvalue weighted by Gasteiger charge is 2.15. The number of anilines is 1. The summed E-state index contributed by atoms with van der Waals surface area (Å²) in [6.07, 6.45) is 0. The molecule has 0 atom stereocenters. The zero-order valence-corrected chi connectivity index (χ0v) is 9.89. The van der Waals surface area contributed by atoms with E-state index in [1.54, 1.807) is 0 Å². The quantitative estimate of drug-likeness (QED) is 0.832. The van der Waals surface area contributed by atoms with E-state index in [2.05, 4.69) is 28.9 Å². The predicted octanol–water partition coefficient (Wildman–Crippen LogP) is 1.32. The van der Waals surface area contributed by atoms with Crippen LogP contribution in [0.4, 0.5) is 5.69 Å². The molecule has 1 heterocycles. The third kappa shape index (κ3) is 2.54. The van der Waals surface area contributed by atoms with Gasteiger partial charge in [-0.25, -0.2) is 0 Å². The number of nitrogens with zero attached hydrogens (tertiary/aromatic N) is 2. The summed E-state index contributed by atoms with van der Waals surface area (Å²) < 4.78 is 0. The van der Waals surface area contributed by atoms with E-state index in [1.807, 2.05) is 12.1 Å². The smallest absolute Gasteiger partial charge is 0.0682 e. The Bertz CT molecular complexity index is 332. The van der Waals surface area contributed by atoms with Crippen molar-refractivity contribution in [2.24, 2.45) is 0 Å². The van der Waals surface area contributed by atoms with Crippen molar-refractivity contribution in [2.45, 2.75) is 13.5 Å². The lowest BCUT2D eigenvalue weighted by Crippen LogP contribution is -2.46. The number of rotatable bonds is 3. The van der Waals surface area contributed by atoms with Crippen LogP contribution in [0.2, 0.25) is 0 Å². The molecule has 0 aliphatic carbocycles. The highest BCUT2D eigenvalue weighted by atomic mass is 16.3. The molecule has 3 nitrogen and oxygen atoms in total. The van der Waals surface area contributed by atoms with E-state index < -0.39 is 0 Å². The molecule has 1 fully saturated rings. The number of benzene rings is 1. The molecule has 1 aromatic rings. The Balaban J connectivity index is 2.02. The Morgan fingerprint density at radius 3 is 2.56 bits per heavy atom. The van der Waals surface area contributed by atoms with Gasteiger partial charge in [-0.3, -0.25) is 0 Å². The minimum absolute atomic E-state index is 0.128. The van der Waals surface area contributed by atoms with E-state index in [1.165, 1.54) is 5.69 Å². The third-order valence-corrected chi connectivity index (χ3v) is 3.28. The molecule has 1 aliphatic rings. The minimum Gasteiger partial charge on any atom is -0.392 e. The lowest BCUT2D eigenvalue weighted by atomic mass is 10.2. The number of hydrogen-bond acceptors (Lipinski definition) is 3. The van der Waals surface area contributed by atoms with Crippen molar-refractivity contribution in [3.8, 4) is 0 Å². The minimum atomic E-state index is 0.128. The molecule has 1 aliphatic heterocycles. The van der Waals surface area contributed by atoms with Crippen LogP contribution in [0, 0.1) is 0 Å². The van der Waals surface area contributed by atoms with Crippen LogP contribution in [0.5, 0.6) is 0 Å². The van der Waals surface area contributed by atoms with Gasteiger partial charge in [0.2, 0.25) is 0 Å². The fourth-order valence-electron chi connectivity index (χ4n) is 2.17. The topological polar surface area (TPSA) is 26.7 Å². The summed E-state index contributed by atoms with van der Waals surface area (Å²) in [5.41, 5.74) is 2.23. The van der Waals surface area contributed by atoms with Gasteiger partial charge >= 0.3 is 0 Å². The van der Waals surface area contributed by atoms with Crippen molar-refractivity contribution in [1.29, 1.82) is 0 Å². The largest absolute Gasteiger partial charge is 0.392 e. The van der Waals surface area contributed by atoms with E-state index in [0.29, 0.717) is 0 Å². The van der Waals surface area contributed by atoms with Gasteiger partial charge < -0.3 is 14.9 Å². The number of hydrogen-bond donors (Lipinski definition) is 1. The van der Waals surface area contributed by atoms with Crippen LogP contribution < -0.4 is 4.90 Å². The fourth-order valence-corrected chi connectivity index (χ4v) is 2.17. The van der Waals surface area contributed by atoms with Gasteiger partial charge in [0.1, 0.15) is 0 Å². The molecule has 0 spiro atoms. The SMILES string of the molecule is CCN1CCN(c2cccc(CO)c2)CC1. The van der Waals surface area contributed by atoms with Crippen LogP contribution in [0.3, 0.4) is 0 Å². The second-order valence-corrected chi connectivity index (χ2v) is 4.25. The first-order chi connectivity index (χ1) is 7.83. The zero-order valence-electron chi connectivity index (χ0n) is 9.89. The average molecular weight is 220 g/mol. The molecule has 0 radical (unpaired) electrons. The number of likely N-dealkylation sites (N-methyl/N-ethyl adjacent to an activating group) is 1. The first-order valence-electron chi connectivity index (χ1n) is 6.00. The van der Waals surface area contributed by atoms with Gasteiger partial charge in [-0.05, 0) is 24.2 Å². The lowest BCUT2D eigenvalue weighted by Gasteiger charge is -2.35. The Morgan fingerprint density at radius 1 is 1.19 bits per heavy atom. The van der Waals surface area contributed by atoms with Gasteiger partial charge in [0.15, 0.2) is 0 Å². The molecule has 0 aromatic heterocycles. The van der Waals surface area contributed by atoms with Crippen molar-refractivity contribution in [2.75, 3.05) is 37.6 Å². The van der Waals surface area contributed by atoms with Crippen LogP contribution in [0.25, 0.3) is 0 Å². The lowest BCUT2D eigenvalue weighted by molar-refractivity contribution is 0.270. The summed E-state index contributed by atoms with van der Waals surface area (Å²) in [6, 6.07) is 8.20. The van der Waals surface area contributed by atoms with E-state index in [-0.39, 0.29) is 6.61 Å². The summed E-state index contributed by atoms with van der Waals surface area (Å²) in [5.74, 6) is 0. The average Bonchev–Trinajstić information content (AvgIpc) is 2.39. The zero-order chi connectivity index (χ0) is 11.4. The van der Waals surface area contributed by atoms with Gasteiger partial charge in [0, 0.05) is 31.9 Å². The van der Waals surface area contributed by atoms with Crippen LogP contribution in [-0.4, -0.2) is 42.7 Å². The first-order valence-corrected chi connectivity index (χ1v) is 6.00. The van der Waals surface area contributed by atoms with Crippen molar-refractivity contribution < 1.29 is 5.11 Å². The summed E-state index contributed by atoms with van der Waals surface area (Å²) in [4.78, 5) is 4.86. The monoisotopic (exact) mass is 220 g/mol. The van der Waals surface area contributed by atoms with Crippen LogP contribution in [-0.2, 0) is 6.61 Å². The van der Waals surface area contributed by atoms with Crippen molar-refractivity contribution >= 4 is 5.69 Å². The van der Waals surface area contributed by atoms with E-state index >= 15 is 0 Å². The summed E-state index contributed by atoms with van der Waals surface area (Å²) in [5, 5.41) is 9.11. The van der Waals surface area contributed by atoms with Crippen molar-refractivity contribution in [1.82, 2.24) is 4.90 Å². The Kier molecular flexibility index (Phi) is 3.80. The maximum atomic E-state index is 9.11. The molecule has 2 rings (SSSR count). The molecule has 0 saturated carbocycles. The van der Waals surface area contributed by atoms with Gasteiger partial charge in [0.05, 0.1) is 6.61 Å². The van der Waals surface area contributed by atoms with E-state index in [4.69, 9.17) is 5.11 Å². The molecule has 0 unspecified atom stereocenters. The standard InChI is InChI=1S/C13H20N2O/c1-2-14-6-8-15(9-7-14)13-5-3-4-12(10-13)11-16/h3-5,10,16H,2,6-9,11H2,1H3. The molecule has 3 heteroatoms. The number of aliphatic hydroxyl groups is 1. The Morgan fingerprint density at radius 2 is 1.94 bits per heavy atom. The normalized spacial score (nSPS) is 17.8. The second-order valence-electron chi connectivity index (χ2n) is 4.25. The fraction of sp³-hybridized carbons (Fsp3) is 0.538. The van der Waals surface area contributed by atoms with E-state index in [9.17, 15) is 0 Å². The van der Waals surface area contributed by atoms with Crippen molar-refractivity contribution in [3.05, 3.63) is 29.8 Å². The maximum absolute atomic E-state index is 9.11. The Hall–Kier alpha value is -1.06. The van der Waals surface area contributed by atoms with Gasteiger partial charge in [0.25, 0.3) is 0 Å². The summed E-state index contributed by atoms with van der Waals surface area (Å²) in [6.45, 7) is 7.93. The summed E-state index contributed by atoms with van der Waals surface area (Å²) in [7, 11) is 0. The highest BCUT2D eigenvalue weighted by molar-refractivity contribution is 5.48. The highest BCUT2D eigenvalue weighted by Crippen LogP contribution is 2.18. The molecule has 16 heavy (non-hydrogen) atoms. The Labute approximate surface area is 97.3 Å². The third-order valence-electron chi connectivity index (χ3n) is 3.28. The summed E-state index contributed by atoms with van der Waals surface area (Å²) >= 11 is 0. The predicted molar refractivity (Wildman–Crippen MR) is 66.7 cm³/mol. The van der Waals surface area contributed by atoms with Gasteiger partial charge in [-0.15, -0.1) is 0 Å². The van der Waals surface area contributed by atoms with Crippen LogP contribution in [0.1, 0.15) is 12.5 Å². The molecular formula is C13H20N2O. The molecular weight excluding hydrogens is 200 g/mol. The first kappa shape index (κ1) is 11.4. The van der Waals surface area contributed by atoms with Crippen molar-refractivity contribution in [3.63, 3.8) is 0 Å². The molecule has 88 valence electrons. The second kappa shape index (κ2) is 5.32. The number of aliphatic hydroxyl groups excluding tert-OH is 1. The molecule has 1 saturated heterocycles. The van der Waals surface area contributed by atoms with Gasteiger partial charge in [-0.1, -0.05) is 19.1 Å². The van der Waals surface area contributed by atoms with Crippen LogP contribution >= 0.6 is 0 Å². The number of piperazine rings is 1. The van der Waals surface area contributed by atoms with Crippen LogP contribution in [0.15, 0.2) is 24.3 Å². The molecule has 0 amide bonds. The van der Waals surface area contributed by atoms with Gasteiger partial charge in [-0.2, -0.15) is 0 Å². The molecule has 0 bridgehead atoms. The van der Waals surface area contributed by atoms with E-state index in [0.717, 1.165) is 38.3 Å². The molecule has 1 N–H and O–H groups in total. The maximum Gasteiger partial charge on any atom is 0.0682 e. The molecule has 1 aromatic carbocycles.